The van der Waals surface area contributed by atoms with Gasteiger partial charge in [-0.1, -0.05) is 0 Å². The molecule has 2 aromatic carbocycles. The third-order valence-corrected chi connectivity index (χ3v) is 6.20. The van der Waals surface area contributed by atoms with Crippen molar-refractivity contribution in [1.82, 2.24) is 10.6 Å². The highest BCUT2D eigenvalue weighted by Crippen LogP contribution is 2.39. The van der Waals surface area contributed by atoms with Gasteiger partial charge in [-0.3, -0.25) is 9.59 Å². The van der Waals surface area contributed by atoms with Crippen LogP contribution < -0.4 is 39.1 Å². The van der Waals surface area contributed by atoms with E-state index in [1.165, 1.54) is 42.7 Å². The van der Waals surface area contributed by atoms with Gasteiger partial charge in [-0.15, -0.1) is 0 Å². The first-order valence-electron chi connectivity index (χ1n) is 11.6. The molecule has 3 rings (SSSR count). The summed E-state index contributed by atoms with van der Waals surface area (Å²) in [5.74, 6) is 1.95. The third kappa shape index (κ3) is 5.87. The van der Waals surface area contributed by atoms with Crippen LogP contribution in [0.5, 0.6) is 34.5 Å². The van der Waals surface area contributed by atoms with Crippen molar-refractivity contribution in [3.8, 4) is 34.5 Å². The number of methoxy groups -OCH3 is 6. The van der Waals surface area contributed by atoms with Gasteiger partial charge in [0.25, 0.3) is 11.8 Å². The number of amides is 2. The molecule has 10 nitrogen and oxygen atoms in total. The molecule has 0 aliphatic heterocycles. The van der Waals surface area contributed by atoms with E-state index >= 15 is 0 Å². The second-order valence-corrected chi connectivity index (χ2v) is 8.34. The van der Waals surface area contributed by atoms with Gasteiger partial charge in [0.15, 0.2) is 23.0 Å². The van der Waals surface area contributed by atoms with Crippen LogP contribution in [-0.2, 0) is 0 Å². The number of hydrogen-bond donors (Lipinski definition) is 2. The van der Waals surface area contributed by atoms with Crippen molar-refractivity contribution in [3.05, 3.63) is 35.4 Å². The van der Waals surface area contributed by atoms with Crippen molar-refractivity contribution in [3.63, 3.8) is 0 Å². The van der Waals surface area contributed by atoms with E-state index in [1.807, 2.05) is 0 Å². The lowest BCUT2D eigenvalue weighted by molar-refractivity contribution is 0.0902. The summed E-state index contributed by atoms with van der Waals surface area (Å²) in [6.45, 7) is 0. The summed E-state index contributed by atoms with van der Waals surface area (Å²) < 4.78 is 32.1. The summed E-state index contributed by atoms with van der Waals surface area (Å²) in [4.78, 5) is 26.0. The normalized spacial score (nSPS) is 16.9. The highest BCUT2D eigenvalue weighted by Gasteiger charge is 2.27. The minimum Gasteiger partial charge on any atom is -0.493 e. The number of benzene rings is 2. The molecule has 36 heavy (non-hydrogen) atoms. The van der Waals surface area contributed by atoms with Crippen molar-refractivity contribution in [2.45, 2.75) is 37.8 Å². The second-order valence-electron chi connectivity index (χ2n) is 8.34. The Hall–Kier alpha value is -3.82. The van der Waals surface area contributed by atoms with E-state index in [1.54, 1.807) is 24.3 Å². The fourth-order valence-corrected chi connectivity index (χ4v) is 4.41. The molecule has 0 bridgehead atoms. The Balaban J connectivity index is 1.69. The molecule has 0 aromatic heterocycles. The van der Waals surface area contributed by atoms with Crippen molar-refractivity contribution in [2.24, 2.45) is 0 Å². The molecular weight excluding hydrogens is 468 g/mol. The van der Waals surface area contributed by atoms with Gasteiger partial charge in [0, 0.05) is 23.2 Å². The maximum atomic E-state index is 13.0. The Labute approximate surface area is 211 Å². The first-order valence-corrected chi connectivity index (χ1v) is 11.6. The zero-order chi connectivity index (χ0) is 26.2. The van der Waals surface area contributed by atoms with E-state index in [-0.39, 0.29) is 23.9 Å². The van der Waals surface area contributed by atoms with Gasteiger partial charge in [0.05, 0.1) is 42.7 Å². The number of carbonyl (C=O) groups is 2. The molecule has 196 valence electrons. The molecule has 10 heteroatoms. The number of rotatable bonds is 10. The van der Waals surface area contributed by atoms with E-state index in [2.05, 4.69) is 10.6 Å². The van der Waals surface area contributed by atoms with Crippen molar-refractivity contribution >= 4 is 11.8 Å². The average Bonchev–Trinajstić information content (AvgIpc) is 2.91. The van der Waals surface area contributed by atoms with Gasteiger partial charge in [0.2, 0.25) is 11.5 Å². The molecule has 2 unspecified atom stereocenters. The minimum absolute atomic E-state index is 0.101. The van der Waals surface area contributed by atoms with E-state index in [9.17, 15) is 9.59 Å². The molecule has 0 heterocycles. The number of nitrogens with one attached hydrogen (secondary N) is 2. The summed E-state index contributed by atoms with van der Waals surface area (Å²) >= 11 is 0. The van der Waals surface area contributed by atoms with Gasteiger partial charge in [-0.2, -0.15) is 0 Å². The van der Waals surface area contributed by atoms with Crippen LogP contribution in [0.15, 0.2) is 24.3 Å². The van der Waals surface area contributed by atoms with Crippen LogP contribution in [0.25, 0.3) is 0 Å². The Morgan fingerprint density at radius 2 is 0.944 bits per heavy atom. The molecule has 0 saturated heterocycles. The van der Waals surface area contributed by atoms with E-state index in [0.29, 0.717) is 52.0 Å². The predicted molar refractivity (Wildman–Crippen MR) is 133 cm³/mol. The zero-order valence-electron chi connectivity index (χ0n) is 21.6. The first kappa shape index (κ1) is 26.8. The lowest BCUT2D eigenvalue weighted by atomic mass is 9.90. The summed E-state index contributed by atoms with van der Waals surface area (Å²) in [5, 5.41) is 6.14. The van der Waals surface area contributed by atoms with Crippen LogP contribution >= 0.6 is 0 Å². The molecule has 1 fully saturated rings. The molecule has 2 N–H and O–H groups in total. The van der Waals surface area contributed by atoms with Gasteiger partial charge < -0.3 is 39.1 Å². The topological polar surface area (TPSA) is 114 Å². The van der Waals surface area contributed by atoms with E-state index in [4.69, 9.17) is 28.4 Å². The molecule has 1 aliphatic rings. The number of ether oxygens (including phenoxy) is 6. The van der Waals surface area contributed by atoms with E-state index < -0.39 is 0 Å². The van der Waals surface area contributed by atoms with Gasteiger partial charge in [-0.25, -0.2) is 0 Å². The van der Waals surface area contributed by atoms with Crippen LogP contribution in [0.4, 0.5) is 0 Å². The van der Waals surface area contributed by atoms with Crippen molar-refractivity contribution in [1.29, 1.82) is 0 Å². The lowest BCUT2D eigenvalue weighted by Gasteiger charge is -2.30. The van der Waals surface area contributed by atoms with Crippen molar-refractivity contribution < 1.29 is 38.0 Å². The Bertz CT molecular complexity index is 954. The second kappa shape index (κ2) is 12.2. The van der Waals surface area contributed by atoms with Gasteiger partial charge >= 0.3 is 0 Å². The Kier molecular flexibility index (Phi) is 9.10. The summed E-state index contributed by atoms with van der Waals surface area (Å²) in [6, 6.07) is 6.25. The molecule has 1 saturated carbocycles. The van der Waals surface area contributed by atoms with Crippen LogP contribution in [0.3, 0.4) is 0 Å². The minimum atomic E-state index is -0.254. The Morgan fingerprint density at radius 1 is 0.611 bits per heavy atom. The standard InChI is InChI=1S/C26H34N2O8/c1-31-19-10-15(11-20(32-2)23(19)35-5)25(29)27-17-8-7-9-18(14-17)28-26(30)16-12-21(33-3)24(36-6)22(13-16)34-4/h10-13,17-18H,7-9,14H2,1-6H3,(H,27,29)(H,28,30). The fraction of sp³-hybridized carbons (Fsp3) is 0.462. The quantitative estimate of drug-likeness (QED) is 0.509. The maximum absolute atomic E-state index is 13.0. The van der Waals surface area contributed by atoms with Gasteiger partial charge in [-0.05, 0) is 49.9 Å². The van der Waals surface area contributed by atoms with Gasteiger partial charge in [0.1, 0.15) is 0 Å². The summed E-state index contributed by atoms with van der Waals surface area (Å²) in [5.41, 5.74) is 0.793. The van der Waals surface area contributed by atoms with Crippen LogP contribution in [0.2, 0.25) is 0 Å². The maximum Gasteiger partial charge on any atom is 0.251 e. The highest BCUT2D eigenvalue weighted by atomic mass is 16.5. The Morgan fingerprint density at radius 3 is 1.22 bits per heavy atom. The third-order valence-electron chi connectivity index (χ3n) is 6.20. The fourth-order valence-electron chi connectivity index (χ4n) is 4.41. The smallest absolute Gasteiger partial charge is 0.251 e. The number of hydrogen-bond acceptors (Lipinski definition) is 8. The largest absolute Gasteiger partial charge is 0.493 e. The monoisotopic (exact) mass is 502 g/mol. The predicted octanol–water partition coefficient (Wildman–Crippen LogP) is 3.21. The molecule has 0 spiro atoms. The highest BCUT2D eigenvalue weighted by molar-refractivity contribution is 5.96. The van der Waals surface area contributed by atoms with E-state index in [0.717, 1.165) is 19.3 Å². The van der Waals surface area contributed by atoms with Crippen LogP contribution in [0.1, 0.15) is 46.4 Å². The summed E-state index contributed by atoms with van der Waals surface area (Å²) in [7, 11) is 9.02. The average molecular weight is 503 g/mol. The molecule has 2 amide bonds. The SMILES string of the molecule is COc1cc(C(=O)NC2CCCC(NC(=O)c3cc(OC)c(OC)c(OC)c3)C2)cc(OC)c1OC. The van der Waals surface area contributed by atoms with Crippen LogP contribution in [-0.4, -0.2) is 66.6 Å². The lowest BCUT2D eigenvalue weighted by Crippen LogP contribution is -2.45. The number of carbonyl (C=O) groups excluding carboxylic acids is 2. The molecule has 0 radical (unpaired) electrons. The molecule has 1 aliphatic carbocycles. The van der Waals surface area contributed by atoms with Crippen molar-refractivity contribution in [2.75, 3.05) is 42.7 Å². The molecule has 2 aromatic rings. The first-order chi connectivity index (χ1) is 17.4. The zero-order valence-corrected chi connectivity index (χ0v) is 21.6. The summed E-state index contributed by atoms with van der Waals surface area (Å²) in [6.07, 6.45) is 3.09. The molecular formula is C26H34N2O8. The van der Waals surface area contributed by atoms with Crippen LogP contribution in [0, 0.1) is 0 Å². The molecule has 2 atom stereocenters.